The molecule has 82 valence electrons. The van der Waals surface area contributed by atoms with Gasteiger partial charge in [0, 0.05) is 24.8 Å². The van der Waals surface area contributed by atoms with E-state index >= 15 is 0 Å². The summed E-state index contributed by atoms with van der Waals surface area (Å²) >= 11 is 3.30. The Morgan fingerprint density at radius 1 is 1.47 bits per heavy atom. The summed E-state index contributed by atoms with van der Waals surface area (Å²) in [5.41, 5.74) is 5.69. The van der Waals surface area contributed by atoms with Gasteiger partial charge in [-0.1, -0.05) is 0 Å². The predicted molar refractivity (Wildman–Crippen MR) is 63.9 cm³/mol. The van der Waals surface area contributed by atoms with Crippen LogP contribution in [-0.2, 0) is 0 Å². The molecule has 0 radical (unpaired) electrons. The van der Waals surface area contributed by atoms with Crippen molar-refractivity contribution in [1.29, 1.82) is 0 Å². The molecule has 0 aliphatic rings. The number of rotatable bonds is 2. The van der Waals surface area contributed by atoms with E-state index in [1.807, 2.05) is 12.1 Å². The van der Waals surface area contributed by atoms with Gasteiger partial charge in [-0.3, -0.25) is 4.90 Å². The van der Waals surface area contributed by atoms with Crippen molar-refractivity contribution in [1.82, 2.24) is 10.1 Å². The predicted octanol–water partition coefficient (Wildman–Crippen LogP) is 0.316. The average Bonchev–Trinajstić information content (AvgIpc) is 2.17. The van der Waals surface area contributed by atoms with E-state index in [2.05, 4.69) is 26.0 Å². The van der Waals surface area contributed by atoms with Gasteiger partial charge in [0.05, 0.1) is 0 Å². The Balaban J connectivity index is 2.85. The van der Waals surface area contributed by atoms with Gasteiger partial charge < -0.3 is 5.73 Å². The molecule has 1 heterocycles. The molecule has 0 saturated heterocycles. The second kappa shape index (κ2) is 4.94. The third kappa shape index (κ3) is 3.37. The van der Waals surface area contributed by atoms with E-state index in [-0.39, 0.29) is 5.96 Å². The van der Waals surface area contributed by atoms with Crippen LogP contribution in [0.25, 0.3) is 0 Å². The number of nitrogens with zero attached hydrogens (tertiary/aromatic N) is 4. The number of guanidine groups is 1. The Hall–Kier alpha value is -1.34. The van der Waals surface area contributed by atoms with E-state index in [1.54, 1.807) is 25.2 Å². The minimum absolute atomic E-state index is 0.273. The number of hydrazine groups is 1. The fourth-order valence-corrected chi connectivity index (χ4v) is 1.15. The van der Waals surface area contributed by atoms with Gasteiger partial charge in [-0.2, -0.15) is 0 Å². The molecular formula is C8H13BrN6. The van der Waals surface area contributed by atoms with Gasteiger partial charge in [0.25, 0.3) is 0 Å². The fraction of sp³-hybridized carbons (Fsp3) is 0.250. The molecule has 0 aromatic carbocycles. The number of aromatic nitrogens is 1. The molecule has 0 aliphatic carbocycles. The standard InChI is InChI=1S/C8H13BrN6/c1-14(8(10)13-15(2)11)7-4-3-6(9)5-12-7/h3-5H,11H2,1-2H3,(H2,10,13). The summed E-state index contributed by atoms with van der Waals surface area (Å²) < 4.78 is 0.908. The van der Waals surface area contributed by atoms with Gasteiger partial charge in [-0.25, -0.2) is 15.9 Å². The van der Waals surface area contributed by atoms with Gasteiger partial charge in [0.1, 0.15) is 5.82 Å². The van der Waals surface area contributed by atoms with Crippen LogP contribution >= 0.6 is 15.9 Å². The molecule has 0 spiro atoms. The summed E-state index contributed by atoms with van der Waals surface area (Å²) in [6.45, 7) is 0. The Labute approximate surface area is 96.6 Å². The highest BCUT2D eigenvalue weighted by atomic mass is 79.9. The Morgan fingerprint density at radius 2 is 2.13 bits per heavy atom. The van der Waals surface area contributed by atoms with Crippen LogP contribution in [0.4, 0.5) is 5.82 Å². The van der Waals surface area contributed by atoms with Gasteiger partial charge in [0.15, 0.2) is 0 Å². The molecule has 0 bridgehead atoms. The summed E-state index contributed by atoms with van der Waals surface area (Å²) in [6, 6.07) is 3.70. The zero-order valence-corrected chi connectivity index (χ0v) is 10.1. The monoisotopic (exact) mass is 272 g/mol. The largest absolute Gasteiger partial charge is 0.368 e. The topological polar surface area (TPSA) is 83.8 Å². The molecule has 0 unspecified atom stereocenters. The maximum absolute atomic E-state index is 5.69. The molecule has 6 nitrogen and oxygen atoms in total. The Bertz CT molecular complexity index is 347. The first-order valence-corrected chi connectivity index (χ1v) is 4.98. The number of hydrogen-bond acceptors (Lipinski definition) is 4. The number of hydrazone groups is 1. The van der Waals surface area contributed by atoms with Gasteiger partial charge in [-0.15, -0.1) is 5.10 Å². The van der Waals surface area contributed by atoms with Crippen LogP contribution in [0, 0.1) is 0 Å². The van der Waals surface area contributed by atoms with E-state index in [4.69, 9.17) is 11.6 Å². The maximum atomic E-state index is 5.69. The lowest BCUT2D eigenvalue weighted by Crippen LogP contribution is -2.37. The summed E-state index contributed by atoms with van der Waals surface area (Å²) in [5.74, 6) is 6.31. The van der Waals surface area contributed by atoms with E-state index < -0.39 is 0 Å². The smallest absolute Gasteiger partial charge is 0.220 e. The number of halogens is 1. The summed E-state index contributed by atoms with van der Waals surface area (Å²) in [7, 11) is 3.36. The molecule has 0 saturated carbocycles. The summed E-state index contributed by atoms with van der Waals surface area (Å²) in [6.07, 6.45) is 1.69. The van der Waals surface area contributed by atoms with Gasteiger partial charge >= 0.3 is 0 Å². The lowest BCUT2D eigenvalue weighted by Gasteiger charge is -2.17. The van der Waals surface area contributed by atoms with Crippen LogP contribution in [0.2, 0.25) is 0 Å². The van der Waals surface area contributed by atoms with Crippen LogP contribution in [0.15, 0.2) is 27.9 Å². The first kappa shape index (κ1) is 11.7. The van der Waals surface area contributed by atoms with Crippen LogP contribution in [0.5, 0.6) is 0 Å². The molecule has 1 aromatic heterocycles. The van der Waals surface area contributed by atoms with Crippen molar-refractivity contribution in [2.75, 3.05) is 19.0 Å². The van der Waals surface area contributed by atoms with Crippen LogP contribution < -0.4 is 16.5 Å². The van der Waals surface area contributed by atoms with Crippen molar-refractivity contribution in [3.05, 3.63) is 22.8 Å². The van der Waals surface area contributed by atoms with E-state index in [1.165, 1.54) is 0 Å². The van der Waals surface area contributed by atoms with Crippen molar-refractivity contribution >= 4 is 27.7 Å². The van der Waals surface area contributed by atoms with Crippen molar-refractivity contribution in [2.45, 2.75) is 0 Å². The number of pyridine rings is 1. The molecule has 0 aliphatic heterocycles. The Kier molecular flexibility index (Phi) is 3.87. The highest BCUT2D eigenvalue weighted by Crippen LogP contribution is 2.13. The third-order valence-electron chi connectivity index (χ3n) is 1.66. The molecule has 15 heavy (non-hydrogen) atoms. The highest BCUT2D eigenvalue weighted by molar-refractivity contribution is 9.10. The normalized spacial score (nSPS) is 11.3. The second-order valence-corrected chi connectivity index (χ2v) is 3.84. The Morgan fingerprint density at radius 3 is 2.60 bits per heavy atom. The molecule has 1 aromatic rings. The number of anilines is 1. The summed E-state index contributed by atoms with van der Waals surface area (Å²) in [4.78, 5) is 5.80. The van der Waals surface area contributed by atoms with Gasteiger partial charge in [-0.05, 0) is 28.1 Å². The molecule has 7 heteroatoms. The first-order valence-electron chi connectivity index (χ1n) is 4.18. The van der Waals surface area contributed by atoms with Crippen LogP contribution in [-0.4, -0.2) is 30.2 Å². The number of hydrogen-bond donors (Lipinski definition) is 2. The quantitative estimate of drug-likeness (QED) is 0.351. The van der Waals surface area contributed by atoms with Gasteiger partial charge in [0.2, 0.25) is 5.96 Å². The van der Waals surface area contributed by atoms with Crippen molar-refractivity contribution in [2.24, 2.45) is 16.7 Å². The minimum Gasteiger partial charge on any atom is -0.368 e. The van der Waals surface area contributed by atoms with Crippen LogP contribution in [0.1, 0.15) is 0 Å². The second-order valence-electron chi connectivity index (χ2n) is 2.93. The minimum atomic E-state index is 0.273. The van der Waals surface area contributed by atoms with E-state index in [0.717, 1.165) is 9.59 Å². The van der Waals surface area contributed by atoms with Crippen LogP contribution in [0.3, 0.4) is 0 Å². The van der Waals surface area contributed by atoms with Crippen molar-refractivity contribution in [3.8, 4) is 0 Å². The zero-order chi connectivity index (χ0) is 11.4. The molecular weight excluding hydrogens is 260 g/mol. The third-order valence-corrected chi connectivity index (χ3v) is 2.13. The molecule has 0 fully saturated rings. The van der Waals surface area contributed by atoms with E-state index in [0.29, 0.717) is 5.82 Å². The molecule has 4 N–H and O–H groups in total. The lowest BCUT2D eigenvalue weighted by atomic mass is 10.4. The lowest BCUT2D eigenvalue weighted by molar-refractivity contribution is 0.370. The molecule has 0 amide bonds. The van der Waals surface area contributed by atoms with Crippen molar-refractivity contribution in [3.63, 3.8) is 0 Å². The fourth-order valence-electron chi connectivity index (χ4n) is 0.912. The SMILES string of the molecule is CN(N)/N=C(\N)N(C)c1ccc(Br)cn1. The van der Waals surface area contributed by atoms with Crippen molar-refractivity contribution < 1.29 is 0 Å². The average molecular weight is 273 g/mol. The maximum Gasteiger partial charge on any atom is 0.220 e. The first-order chi connectivity index (χ1) is 7.00. The number of nitrogens with two attached hydrogens (primary N) is 2. The highest BCUT2D eigenvalue weighted by Gasteiger charge is 2.06. The van der Waals surface area contributed by atoms with E-state index in [9.17, 15) is 0 Å². The summed E-state index contributed by atoms with van der Waals surface area (Å²) in [5, 5.41) is 5.00. The zero-order valence-electron chi connectivity index (χ0n) is 8.55. The molecule has 1 rings (SSSR count). The molecule has 0 atom stereocenters.